The van der Waals surface area contributed by atoms with Crippen LogP contribution in [0.1, 0.15) is 37.0 Å². The summed E-state index contributed by atoms with van der Waals surface area (Å²) in [6.07, 6.45) is 2.61. The minimum atomic E-state index is -0.804. The first-order chi connectivity index (χ1) is 15.3. The van der Waals surface area contributed by atoms with Gasteiger partial charge in [0.2, 0.25) is 0 Å². The fourth-order valence-electron chi connectivity index (χ4n) is 3.72. The summed E-state index contributed by atoms with van der Waals surface area (Å²) >= 11 is 1.47. The van der Waals surface area contributed by atoms with Crippen LogP contribution in [0.3, 0.4) is 0 Å². The number of likely N-dealkylation sites (tertiary alicyclic amines) is 1. The van der Waals surface area contributed by atoms with E-state index in [2.05, 4.69) is 15.3 Å². The Morgan fingerprint density at radius 2 is 2.03 bits per heavy atom. The Kier molecular flexibility index (Phi) is 6.22. The predicted molar refractivity (Wildman–Crippen MR) is 121 cm³/mol. The molecule has 0 spiro atoms. The predicted octanol–water partition coefficient (Wildman–Crippen LogP) is 4.02. The van der Waals surface area contributed by atoms with Gasteiger partial charge in [-0.15, -0.1) is 11.3 Å². The number of hydrogen-bond acceptors (Lipinski definition) is 7. The van der Waals surface area contributed by atoms with Crippen LogP contribution < -0.4 is 11.1 Å². The Morgan fingerprint density at radius 3 is 2.69 bits per heavy atom. The SMILES string of the molecule is CC(C)OC(=O)N1CCC(Nc2ncnc3c(-c4ccc(C(N)=O)c(F)c4)csc23)CC1. The molecule has 3 heterocycles. The number of piperidine rings is 1. The number of carbonyl (C=O) groups excluding carboxylic acids is 2. The normalized spacial score (nSPS) is 14.7. The zero-order valence-electron chi connectivity index (χ0n) is 17.8. The number of fused-ring (bicyclic) bond motifs is 1. The number of thiophene rings is 1. The van der Waals surface area contributed by atoms with Crippen molar-refractivity contribution in [3.8, 4) is 11.1 Å². The number of halogens is 1. The molecule has 3 N–H and O–H groups in total. The maximum atomic E-state index is 14.3. The molecule has 2 amide bonds. The number of ether oxygens (including phenoxy) is 1. The Balaban J connectivity index is 1.50. The van der Waals surface area contributed by atoms with Crippen molar-refractivity contribution < 1.29 is 18.7 Å². The Bertz CT molecular complexity index is 1160. The summed E-state index contributed by atoms with van der Waals surface area (Å²) in [5.74, 6) is -0.755. The summed E-state index contributed by atoms with van der Waals surface area (Å²) in [5.41, 5.74) is 7.13. The number of rotatable bonds is 5. The molecule has 0 radical (unpaired) electrons. The standard InChI is InChI=1S/C22H24FN5O3S/c1-12(2)31-22(30)28-7-5-14(6-8-28)27-21-19-18(25-11-26-21)16(10-32-19)13-3-4-15(20(24)29)17(23)9-13/h3-4,9-12,14H,5-8H2,1-2H3,(H2,24,29)(H,25,26,27). The van der Waals surface area contributed by atoms with Crippen LogP contribution in [0.25, 0.3) is 21.3 Å². The molecule has 1 aromatic carbocycles. The van der Waals surface area contributed by atoms with E-state index in [0.717, 1.165) is 23.1 Å². The number of nitrogens with one attached hydrogen (secondary N) is 1. The van der Waals surface area contributed by atoms with Gasteiger partial charge in [-0.1, -0.05) is 6.07 Å². The minimum absolute atomic E-state index is 0.138. The molecular formula is C22H24FN5O3S. The number of hydrogen-bond donors (Lipinski definition) is 2. The highest BCUT2D eigenvalue weighted by Crippen LogP contribution is 2.36. The minimum Gasteiger partial charge on any atom is -0.447 e. The lowest BCUT2D eigenvalue weighted by atomic mass is 10.0. The number of anilines is 1. The lowest BCUT2D eigenvalue weighted by Crippen LogP contribution is -2.43. The van der Waals surface area contributed by atoms with E-state index in [4.69, 9.17) is 10.5 Å². The topological polar surface area (TPSA) is 110 Å². The molecule has 4 rings (SSSR count). The summed E-state index contributed by atoms with van der Waals surface area (Å²) in [7, 11) is 0. The van der Waals surface area contributed by atoms with Gasteiger partial charge in [0.1, 0.15) is 18.0 Å². The van der Waals surface area contributed by atoms with Crippen LogP contribution in [0, 0.1) is 5.82 Å². The molecule has 0 aliphatic carbocycles. The van der Waals surface area contributed by atoms with Gasteiger partial charge in [0.25, 0.3) is 5.91 Å². The van der Waals surface area contributed by atoms with E-state index in [-0.39, 0.29) is 23.8 Å². The number of primary amides is 1. The second kappa shape index (κ2) is 9.07. The van der Waals surface area contributed by atoms with E-state index < -0.39 is 11.7 Å². The van der Waals surface area contributed by atoms with Crippen molar-refractivity contribution in [2.75, 3.05) is 18.4 Å². The molecule has 0 atom stereocenters. The maximum Gasteiger partial charge on any atom is 0.410 e. The zero-order valence-corrected chi connectivity index (χ0v) is 18.6. The summed E-state index contributed by atoms with van der Waals surface area (Å²) in [4.78, 5) is 33.9. The molecule has 1 fully saturated rings. The molecule has 10 heteroatoms. The van der Waals surface area contributed by atoms with E-state index >= 15 is 0 Å². The van der Waals surface area contributed by atoms with E-state index in [9.17, 15) is 14.0 Å². The summed E-state index contributed by atoms with van der Waals surface area (Å²) in [5, 5.41) is 5.37. The Morgan fingerprint density at radius 1 is 1.28 bits per heavy atom. The highest BCUT2D eigenvalue weighted by Gasteiger charge is 2.25. The lowest BCUT2D eigenvalue weighted by molar-refractivity contribution is 0.0701. The first kappa shape index (κ1) is 21.9. The molecule has 3 aromatic rings. The summed E-state index contributed by atoms with van der Waals surface area (Å²) in [6.45, 7) is 4.89. The average Bonchev–Trinajstić information content (AvgIpc) is 3.18. The van der Waals surface area contributed by atoms with Gasteiger partial charge in [-0.3, -0.25) is 4.79 Å². The second-order valence-corrected chi connectivity index (χ2v) is 8.83. The van der Waals surface area contributed by atoms with Crippen LogP contribution in [0.5, 0.6) is 0 Å². The van der Waals surface area contributed by atoms with Gasteiger partial charge < -0.3 is 20.7 Å². The highest BCUT2D eigenvalue weighted by molar-refractivity contribution is 7.18. The molecule has 2 aromatic heterocycles. The van der Waals surface area contributed by atoms with Crippen LogP contribution in [0.4, 0.5) is 15.0 Å². The molecule has 0 saturated carbocycles. The Hall–Kier alpha value is -3.27. The van der Waals surface area contributed by atoms with Crippen molar-refractivity contribution in [1.82, 2.24) is 14.9 Å². The monoisotopic (exact) mass is 457 g/mol. The van der Waals surface area contributed by atoms with Crippen molar-refractivity contribution in [2.24, 2.45) is 5.73 Å². The van der Waals surface area contributed by atoms with E-state index in [1.54, 1.807) is 11.0 Å². The van der Waals surface area contributed by atoms with Gasteiger partial charge >= 0.3 is 6.09 Å². The number of amides is 2. The van der Waals surface area contributed by atoms with E-state index in [1.165, 1.54) is 29.8 Å². The third-order valence-electron chi connectivity index (χ3n) is 5.33. The number of nitrogens with zero attached hydrogens (tertiary/aromatic N) is 3. The quantitative estimate of drug-likeness (QED) is 0.599. The number of carbonyl (C=O) groups is 2. The third-order valence-corrected chi connectivity index (χ3v) is 6.31. The van der Waals surface area contributed by atoms with Crippen molar-refractivity contribution in [3.05, 3.63) is 41.3 Å². The smallest absolute Gasteiger partial charge is 0.410 e. The van der Waals surface area contributed by atoms with Crippen LogP contribution in [-0.4, -0.2) is 52.1 Å². The fourth-order valence-corrected chi connectivity index (χ4v) is 4.70. The van der Waals surface area contributed by atoms with Crippen LogP contribution in [0.15, 0.2) is 29.9 Å². The molecular weight excluding hydrogens is 433 g/mol. The first-order valence-electron chi connectivity index (χ1n) is 10.4. The number of aromatic nitrogens is 2. The zero-order chi connectivity index (χ0) is 22.8. The molecule has 0 unspecified atom stereocenters. The fraction of sp³-hybridized carbons (Fsp3) is 0.364. The van der Waals surface area contributed by atoms with Gasteiger partial charge in [-0.25, -0.2) is 19.2 Å². The average molecular weight is 458 g/mol. The summed E-state index contributed by atoms with van der Waals surface area (Å²) in [6, 6.07) is 4.50. The molecule has 168 valence electrons. The first-order valence-corrected chi connectivity index (χ1v) is 11.3. The molecule has 1 saturated heterocycles. The molecule has 1 aliphatic rings. The van der Waals surface area contributed by atoms with Crippen molar-refractivity contribution in [2.45, 2.75) is 38.8 Å². The van der Waals surface area contributed by atoms with Gasteiger partial charge in [0, 0.05) is 30.1 Å². The van der Waals surface area contributed by atoms with Crippen molar-refractivity contribution >= 4 is 39.4 Å². The van der Waals surface area contributed by atoms with E-state index in [1.807, 2.05) is 19.2 Å². The van der Waals surface area contributed by atoms with Gasteiger partial charge in [-0.2, -0.15) is 0 Å². The molecule has 8 nitrogen and oxygen atoms in total. The number of nitrogens with two attached hydrogens (primary N) is 1. The van der Waals surface area contributed by atoms with Crippen molar-refractivity contribution in [3.63, 3.8) is 0 Å². The van der Waals surface area contributed by atoms with E-state index in [0.29, 0.717) is 30.0 Å². The summed E-state index contributed by atoms with van der Waals surface area (Å²) < 4.78 is 20.4. The number of benzene rings is 1. The van der Waals surface area contributed by atoms with Crippen LogP contribution in [-0.2, 0) is 4.74 Å². The second-order valence-electron chi connectivity index (χ2n) is 7.95. The maximum absolute atomic E-state index is 14.3. The molecule has 0 bridgehead atoms. The highest BCUT2D eigenvalue weighted by atomic mass is 32.1. The van der Waals surface area contributed by atoms with Gasteiger partial charge in [-0.05, 0) is 44.4 Å². The third kappa shape index (κ3) is 4.50. The molecule has 32 heavy (non-hydrogen) atoms. The van der Waals surface area contributed by atoms with Gasteiger partial charge in [0.05, 0.1) is 21.9 Å². The Labute approximate surface area is 188 Å². The van der Waals surface area contributed by atoms with Crippen LogP contribution >= 0.6 is 11.3 Å². The van der Waals surface area contributed by atoms with Gasteiger partial charge in [0.15, 0.2) is 0 Å². The van der Waals surface area contributed by atoms with Crippen molar-refractivity contribution in [1.29, 1.82) is 0 Å². The lowest BCUT2D eigenvalue weighted by Gasteiger charge is -2.32. The molecule has 1 aliphatic heterocycles. The largest absolute Gasteiger partial charge is 0.447 e. The van der Waals surface area contributed by atoms with Crippen LogP contribution in [0.2, 0.25) is 0 Å².